The summed E-state index contributed by atoms with van der Waals surface area (Å²) in [6, 6.07) is 10.9. The molecule has 8 aliphatic carbocycles. The van der Waals surface area contributed by atoms with Crippen molar-refractivity contribution in [2.24, 2.45) is 35.5 Å². The van der Waals surface area contributed by atoms with Crippen LogP contribution < -0.4 is 40.2 Å². The summed E-state index contributed by atoms with van der Waals surface area (Å²) >= 11 is 0. The molecule has 16 rings (SSSR count). The summed E-state index contributed by atoms with van der Waals surface area (Å²) in [6.45, 7) is 7.67. The Morgan fingerprint density at radius 2 is 1.05 bits per heavy atom. The maximum atomic E-state index is 16.1. The second-order valence-corrected chi connectivity index (χ2v) is 38.0. The van der Waals surface area contributed by atoms with E-state index in [0.29, 0.717) is 119 Å². The smallest absolute Gasteiger partial charge is 0.408 e. The van der Waals surface area contributed by atoms with Crippen LogP contribution in [0, 0.1) is 35.5 Å². The highest BCUT2D eigenvalue weighted by Gasteiger charge is 2.63. The van der Waals surface area contributed by atoms with Crippen LogP contribution in [0.1, 0.15) is 215 Å². The van der Waals surface area contributed by atoms with E-state index in [1.807, 2.05) is 48.5 Å². The fraction of sp³-hybridized carbons (Fsp3) is 0.646. The number of hydrogen-bond acceptors (Lipinski definition) is 19. The van der Waals surface area contributed by atoms with Gasteiger partial charge in [-0.3, -0.25) is 38.2 Å². The van der Waals surface area contributed by atoms with E-state index in [1.54, 1.807) is 6.08 Å². The Bertz CT molecular complexity index is 4570. The summed E-state index contributed by atoms with van der Waals surface area (Å²) in [5.41, 5.74) is 0.812. The molecule has 596 valence electrons. The number of pyridine rings is 1. The molecular formula is C82H105N11O16S2. The van der Waals surface area contributed by atoms with E-state index in [4.69, 9.17) is 33.9 Å². The Labute approximate surface area is 648 Å². The number of alkyl carbamates (subject to hydrolysis) is 2. The van der Waals surface area contributed by atoms with Gasteiger partial charge in [0.15, 0.2) is 0 Å². The molecule has 4 aromatic rings. The molecule has 4 aliphatic heterocycles. The second kappa shape index (κ2) is 31.5. The van der Waals surface area contributed by atoms with Crippen molar-refractivity contribution in [3.8, 4) is 11.6 Å². The van der Waals surface area contributed by atoms with Gasteiger partial charge in [-0.1, -0.05) is 74.9 Å². The third kappa shape index (κ3) is 16.0. The molecule has 0 spiro atoms. The first-order valence-electron chi connectivity index (χ1n) is 41.1. The zero-order valence-corrected chi connectivity index (χ0v) is 64.8. The van der Waals surface area contributed by atoms with Crippen molar-refractivity contribution in [3.63, 3.8) is 0 Å². The molecule has 111 heavy (non-hydrogen) atoms. The van der Waals surface area contributed by atoms with Gasteiger partial charge < -0.3 is 50.0 Å². The van der Waals surface area contributed by atoms with E-state index in [1.165, 1.54) is 15.9 Å². The van der Waals surface area contributed by atoms with E-state index in [9.17, 15) is 36.0 Å². The molecule has 8 saturated carbocycles. The number of aromatic nitrogens is 3. The highest BCUT2D eigenvalue weighted by Crippen LogP contribution is 2.48. The average molecular weight is 1560 g/mol. The number of amides is 8. The number of fused-ring (bicyclic) bond motifs is 10. The molecule has 2 aromatic heterocycles. The lowest BCUT2D eigenvalue weighted by Crippen LogP contribution is -2.70. The number of nitrogens with zero attached hydrogens (tertiary/aromatic N) is 5. The third-order valence-electron chi connectivity index (χ3n) is 26.8. The number of rotatable bonds is 15. The molecule has 16 atom stereocenters. The summed E-state index contributed by atoms with van der Waals surface area (Å²) in [5.74, 6) is -5.23. The second-order valence-electron chi connectivity index (χ2n) is 34.0. The molecule has 4 bridgehead atoms. The van der Waals surface area contributed by atoms with Gasteiger partial charge in [0.2, 0.25) is 49.6 Å². The van der Waals surface area contributed by atoms with Crippen LogP contribution in [-0.2, 0) is 71.1 Å². The maximum Gasteiger partial charge on any atom is 0.408 e. The first-order valence-corrected chi connectivity index (χ1v) is 44.2. The highest BCUT2D eigenvalue weighted by molar-refractivity contribution is 7.91. The van der Waals surface area contributed by atoms with E-state index in [2.05, 4.69) is 43.9 Å². The molecular weight excluding hydrogens is 1460 g/mol. The number of nitrogens with one attached hydrogen (secondary N) is 6. The predicted octanol–water partition coefficient (Wildman–Crippen LogP) is 9.14. The molecule has 2 aromatic carbocycles. The van der Waals surface area contributed by atoms with E-state index in [0.717, 1.165) is 106 Å². The first kappa shape index (κ1) is 76.5. The summed E-state index contributed by atoms with van der Waals surface area (Å²) in [6.07, 6.45) is 18.9. The molecule has 10 fully saturated rings. The van der Waals surface area contributed by atoms with Crippen LogP contribution in [0.3, 0.4) is 0 Å². The average Bonchev–Trinajstić information content (AvgIpc) is 1.29. The summed E-state index contributed by atoms with van der Waals surface area (Å²) in [5, 5.41) is 11.4. The van der Waals surface area contributed by atoms with Gasteiger partial charge in [0.05, 0.1) is 45.8 Å². The number of ether oxygens (including phenoxy) is 4. The third-order valence-corrected chi connectivity index (χ3v) is 30.4. The van der Waals surface area contributed by atoms with Crippen LogP contribution in [0.15, 0.2) is 73.8 Å². The van der Waals surface area contributed by atoms with Gasteiger partial charge in [-0.25, -0.2) is 41.4 Å². The Morgan fingerprint density at radius 3 is 1.63 bits per heavy atom. The minimum absolute atomic E-state index is 0.00758. The van der Waals surface area contributed by atoms with Crippen molar-refractivity contribution in [1.29, 1.82) is 0 Å². The number of sulfonamides is 2. The van der Waals surface area contributed by atoms with Crippen LogP contribution in [0.2, 0.25) is 0 Å². The molecule has 0 radical (unpaired) electrons. The van der Waals surface area contributed by atoms with Crippen LogP contribution >= 0.6 is 0 Å². The lowest BCUT2D eigenvalue weighted by atomic mass is 9.66. The number of carbonyl (C=O) groups excluding carboxylic acids is 8. The Balaban J connectivity index is 0.698. The van der Waals surface area contributed by atoms with Crippen LogP contribution in [0.5, 0.6) is 11.6 Å². The number of aryl methyl sites for hydroxylation is 2. The molecule has 29 heteroatoms. The molecule has 6 heterocycles. The van der Waals surface area contributed by atoms with Crippen molar-refractivity contribution in [1.82, 2.24) is 55.5 Å². The van der Waals surface area contributed by atoms with Gasteiger partial charge in [-0.05, 0) is 214 Å². The molecule has 8 amide bonds. The zero-order valence-electron chi connectivity index (χ0n) is 63.1. The standard InChI is InChI=1S/C82H105N11O16S2/c1-3-54-37-38-81(54,77(98)90-110(102,103)58-32-33-58)88-72(94)66-43-57-46-93(66)75(96)70(49-19-11-12-20-49)86-79(100)108-67-27-15-23-48(67)18-8-6-10-26-63-74(107-57)85-61-36-31-51(40-64(61)84-63)50-29-30-53(39-50)71-76(97)92-45-56(42-65(92)73(95)89-82(44-55(82)4-2)78(99)91-111(104,105)59-34-35-59)106-69-41-52-21-13-14-24-60(52)83-62(69)25-9-5-7-17-47-22-16-28-68(47)109-80(101)87-71/h3-4,13-14,21,24,31,36,40-41,47-50,53-59,65-68,70-71H,1-2,5-12,15-20,22-23,25-30,32-35,37-39,42-46H2,(H,86,100)(H,87,101)(H,88,94)(H,89,95)(H,90,98)(H,91,99). The Hall–Kier alpha value is -8.47. The normalized spacial score (nSPS) is 33.2. The van der Waals surface area contributed by atoms with Crippen molar-refractivity contribution < 1.29 is 74.1 Å². The summed E-state index contributed by atoms with van der Waals surface area (Å²) < 4.78 is 84.1. The number of carbonyl (C=O) groups is 8. The van der Waals surface area contributed by atoms with E-state index in [-0.39, 0.29) is 80.5 Å². The summed E-state index contributed by atoms with van der Waals surface area (Å²) in [7, 11) is -8.04. The van der Waals surface area contributed by atoms with Crippen LogP contribution in [0.4, 0.5) is 9.59 Å². The fourth-order valence-electron chi connectivity index (χ4n) is 19.9. The van der Waals surface area contributed by atoms with Crippen molar-refractivity contribution in [3.05, 3.63) is 90.8 Å². The van der Waals surface area contributed by atoms with Crippen molar-refractivity contribution in [2.75, 3.05) is 13.1 Å². The van der Waals surface area contributed by atoms with E-state index < -0.39 is 143 Å². The molecule has 16 unspecified atom stereocenters. The predicted molar refractivity (Wildman–Crippen MR) is 409 cm³/mol. The van der Waals surface area contributed by atoms with Gasteiger partial charge >= 0.3 is 12.2 Å². The minimum atomic E-state index is -4.02. The zero-order chi connectivity index (χ0) is 77.1. The van der Waals surface area contributed by atoms with Gasteiger partial charge in [0.25, 0.3) is 11.8 Å². The topological polar surface area (TPSA) is 359 Å². The SMILES string of the molecule is C=CC1CCC1(NC(=O)C1CC2CN1C(=O)C(C1CCCC1)NC(=O)OC1CCCC1CCCCCc1nc3cc(C4CCC(C5NC(=O)OC6CCCC6CCCCCc6nc7ccccc7cc6OC6CC(C(=O)NC7(C(=O)NS(=O)(=O)C8CC8)CC7C=C)N(C6)C5=O)C4)ccc3nc1O2)C(=O)NS(=O)(=O)C1CC1. The highest BCUT2D eigenvalue weighted by atomic mass is 32.2. The minimum Gasteiger partial charge on any atom is -0.487 e. The number of benzene rings is 2. The van der Waals surface area contributed by atoms with Gasteiger partial charge in [-0.15, -0.1) is 13.2 Å². The van der Waals surface area contributed by atoms with Crippen LogP contribution in [0.25, 0.3) is 21.9 Å². The molecule has 2 saturated heterocycles. The van der Waals surface area contributed by atoms with Gasteiger partial charge in [0.1, 0.15) is 71.1 Å². The van der Waals surface area contributed by atoms with Crippen LogP contribution in [-0.4, -0.2) is 172 Å². The largest absolute Gasteiger partial charge is 0.487 e. The lowest BCUT2D eigenvalue weighted by Gasteiger charge is -2.47. The van der Waals surface area contributed by atoms with E-state index >= 15 is 19.2 Å². The van der Waals surface area contributed by atoms with Gasteiger partial charge in [0, 0.05) is 30.1 Å². The fourth-order valence-corrected chi connectivity index (χ4v) is 22.6. The Kier molecular flexibility index (Phi) is 21.7. The lowest BCUT2D eigenvalue weighted by molar-refractivity contribution is -0.145. The Morgan fingerprint density at radius 1 is 0.505 bits per heavy atom. The van der Waals surface area contributed by atoms with Gasteiger partial charge in [-0.2, -0.15) is 0 Å². The maximum absolute atomic E-state index is 16.1. The number of para-hydroxylation sites is 1. The summed E-state index contributed by atoms with van der Waals surface area (Å²) in [4.78, 5) is 138. The first-order chi connectivity index (χ1) is 53.5. The van der Waals surface area contributed by atoms with Crippen molar-refractivity contribution in [2.45, 2.75) is 282 Å². The molecule has 27 nitrogen and oxygen atoms in total. The number of hydrogen-bond donors (Lipinski definition) is 6. The molecule has 12 aliphatic rings. The quantitative estimate of drug-likeness (QED) is 0.0604. The monoisotopic (exact) mass is 1560 g/mol. The molecule has 6 N–H and O–H groups in total. The van der Waals surface area contributed by atoms with Crippen molar-refractivity contribution >= 4 is 89.6 Å².